The summed E-state index contributed by atoms with van der Waals surface area (Å²) in [5.74, 6) is -3.21. The standard InChI is InChI=1S/C33H40N4O8S/c1-5-18-22(14-38)28(37-32(18)43)12-23-15(2)19(6-7-30(40)41)25(34-23)13-27-21(10-29(39)33(44)45)16(3)24(35-27)11-26-20(8-9-46)17(4)31(42)36-26/h5,11-14,17-18,20,28-29,34-35,38-39,46H,1,6-10H2,2-4H3,(H,36,42)(H,37,43)(H,40,41)(H,44,45)/b22-14+,23-12+,25-13-,26-11-/t17-,18?,20-,28-,29+/m1/s1. The average molecular weight is 653 g/mol. The predicted molar refractivity (Wildman–Crippen MR) is 175 cm³/mol. The van der Waals surface area contributed by atoms with E-state index in [0.29, 0.717) is 62.2 Å². The molecule has 2 aromatic rings. The molecule has 12 nitrogen and oxygen atoms in total. The van der Waals surface area contributed by atoms with E-state index in [1.807, 2.05) is 19.9 Å². The first-order valence-corrected chi connectivity index (χ1v) is 15.6. The second kappa shape index (κ2) is 14.3. The number of carboxylic acid groups (broad SMARTS) is 2. The number of aliphatic hydroxyl groups is 2. The van der Waals surface area contributed by atoms with Crippen LogP contribution in [0.25, 0.3) is 18.2 Å². The molecule has 2 amide bonds. The molecule has 46 heavy (non-hydrogen) atoms. The molecule has 0 bridgehead atoms. The summed E-state index contributed by atoms with van der Waals surface area (Å²) in [6.07, 6.45) is 6.42. The van der Waals surface area contributed by atoms with E-state index in [0.717, 1.165) is 11.8 Å². The molecule has 2 aromatic heterocycles. The summed E-state index contributed by atoms with van der Waals surface area (Å²) in [7, 11) is 0. The van der Waals surface area contributed by atoms with Crippen LogP contribution >= 0.6 is 12.6 Å². The van der Waals surface area contributed by atoms with E-state index >= 15 is 0 Å². The number of carbonyl (C=O) groups excluding carboxylic acids is 2. The molecule has 0 spiro atoms. The Hall–Kier alpha value is -4.49. The Morgan fingerprint density at radius 2 is 1.74 bits per heavy atom. The van der Waals surface area contributed by atoms with Gasteiger partial charge in [0.2, 0.25) is 11.8 Å². The van der Waals surface area contributed by atoms with Crippen LogP contribution in [0.1, 0.15) is 53.4 Å². The van der Waals surface area contributed by atoms with E-state index in [9.17, 15) is 39.6 Å². The third-order valence-corrected chi connectivity index (χ3v) is 9.16. The van der Waals surface area contributed by atoms with Gasteiger partial charge >= 0.3 is 11.9 Å². The van der Waals surface area contributed by atoms with Gasteiger partial charge in [-0.2, -0.15) is 12.6 Å². The molecule has 5 atom stereocenters. The first-order valence-electron chi connectivity index (χ1n) is 15.0. The van der Waals surface area contributed by atoms with Crippen molar-refractivity contribution in [2.75, 3.05) is 5.75 Å². The van der Waals surface area contributed by atoms with E-state index in [1.165, 1.54) is 6.08 Å². The van der Waals surface area contributed by atoms with Crippen molar-refractivity contribution in [2.24, 2.45) is 17.8 Å². The molecule has 0 aromatic carbocycles. The summed E-state index contributed by atoms with van der Waals surface area (Å²) in [5, 5.41) is 46.0. The molecular formula is C33H40N4O8S. The fourth-order valence-electron chi connectivity index (χ4n) is 6.18. The van der Waals surface area contributed by atoms with Gasteiger partial charge < -0.3 is 41.0 Å². The number of H-pyrrole nitrogens is 2. The zero-order valence-electron chi connectivity index (χ0n) is 25.9. The fraction of sp³-hybridized carbons (Fsp3) is 0.394. The minimum absolute atomic E-state index is 0.0745. The Kier molecular flexibility index (Phi) is 10.7. The van der Waals surface area contributed by atoms with E-state index < -0.39 is 30.0 Å². The van der Waals surface area contributed by atoms with E-state index in [-0.39, 0.29) is 42.9 Å². The molecule has 2 aliphatic rings. The van der Waals surface area contributed by atoms with Gasteiger partial charge in [0.15, 0.2) is 6.10 Å². The number of aliphatic hydroxyl groups excluding tert-OH is 2. The molecule has 0 saturated carbocycles. The van der Waals surface area contributed by atoms with Crippen LogP contribution in [0.15, 0.2) is 30.2 Å². The number of carboxylic acids is 2. The number of rotatable bonds is 12. The van der Waals surface area contributed by atoms with Crippen molar-refractivity contribution in [3.05, 3.63) is 74.5 Å². The van der Waals surface area contributed by atoms with Gasteiger partial charge in [-0.25, -0.2) is 4.79 Å². The number of thiol groups is 1. The molecule has 2 aliphatic heterocycles. The average Bonchev–Trinajstić information content (AvgIpc) is 3.66. The van der Waals surface area contributed by atoms with Crippen molar-refractivity contribution in [3.63, 3.8) is 0 Å². The zero-order valence-corrected chi connectivity index (χ0v) is 26.8. The molecule has 0 radical (unpaired) electrons. The van der Waals surface area contributed by atoms with Crippen molar-refractivity contribution >= 4 is 54.6 Å². The van der Waals surface area contributed by atoms with Crippen LogP contribution in [0.5, 0.6) is 0 Å². The Balaban J connectivity index is 1.91. The van der Waals surface area contributed by atoms with Crippen LogP contribution in [-0.4, -0.2) is 72.0 Å². The van der Waals surface area contributed by atoms with E-state index in [1.54, 1.807) is 19.1 Å². The van der Waals surface area contributed by atoms with Crippen molar-refractivity contribution in [2.45, 2.75) is 58.6 Å². The number of carbonyl (C=O) groups is 4. The number of nitrogens with one attached hydrogen (secondary N) is 4. The summed E-state index contributed by atoms with van der Waals surface area (Å²) in [4.78, 5) is 54.7. The van der Waals surface area contributed by atoms with Gasteiger partial charge in [-0.3, -0.25) is 14.4 Å². The number of aromatic amines is 2. The molecular weight excluding hydrogens is 612 g/mol. The maximum absolute atomic E-state index is 12.5. The van der Waals surface area contributed by atoms with Gasteiger partial charge in [0, 0.05) is 58.0 Å². The van der Waals surface area contributed by atoms with Gasteiger partial charge in [0.05, 0.1) is 18.2 Å². The number of aliphatic carboxylic acids is 2. The third-order valence-electron chi connectivity index (χ3n) is 8.90. The van der Waals surface area contributed by atoms with Crippen LogP contribution in [0.2, 0.25) is 0 Å². The zero-order chi connectivity index (χ0) is 33.9. The maximum atomic E-state index is 12.5. The number of allylic oxidation sites excluding steroid dienone is 1. The normalized spacial score (nSPS) is 24.5. The van der Waals surface area contributed by atoms with E-state index in [4.69, 9.17) is 0 Å². The lowest BCUT2D eigenvalue weighted by Gasteiger charge is -2.12. The highest BCUT2D eigenvalue weighted by Crippen LogP contribution is 2.32. The summed E-state index contributed by atoms with van der Waals surface area (Å²) >= 11 is 4.35. The van der Waals surface area contributed by atoms with Crippen molar-refractivity contribution in [1.82, 2.24) is 20.6 Å². The quantitative estimate of drug-likeness (QED) is 0.0928. The van der Waals surface area contributed by atoms with Crippen molar-refractivity contribution in [3.8, 4) is 0 Å². The van der Waals surface area contributed by atoms with E-state index in [2.05, 4.69) is 39.8 Å². The van der Waals surface area contributed by atoms with Crippen LogP contribution in [-0.2, 0) is 32.0 Å². The number of amides is 2. The van der Waals surface area contributed by atoms with Crippen LogP contribution < -0.4 is 21.3 Å². The largest absolute Gasteiger partial charge is 0.516 e. The molecule has 2 fully saturated rings. The topological polar surface area (TPSA) is 205 Å². The number of aromatic nitrogens is 2. The molecule has 4 rings (SSSR count). The first kappa shape index (κ1) is 34.4. The van der Waals surface area contributed by atoms with Crippen LogP contribution in [0.4, 0.5) is 0 Å². The Morgan fingerprint density at radius 3 is 2.35 bits per heavy atom. The smallest absolute Gasteiger partial charge is 0.332 e. The molecule has 2 saturated heterocycles. The molecule has 4 heterocycles. The lowest BCUT2D eigenvalue weighted by molar-refractivity contribution is -0.146. The maximum Gasteiger partial charge on any atom is 0.332 e. The minimum atomic E-state index is -1.68. The van der Waals surface area contributed by atoms with Crippen molar-refractivity contribution in [1.29, 1.82) is 0 Å². The first-order chi connectivity index (χ1) is 21.8. The van der Waals surface area contributed by atoms with Crippen LogP contribution in [0, 0.1) is 31.6 Å². The summed E-state index contributed by atoms with van der Waals surface area (Å²) in [5.41, 5.74) is 4.89. The molecule has 13 heteroatoms. The molecule has 246 valence electrons. The molecule has 1 unspecified atom stereocenters. The molecule has 0 aliphatic carbocycles. The van der Waals surface area contributed by atoms with Gasteiger partial charge in [0.1, 0.15) is 0 Å². The number of hydrogen-bond acceptors (Lipinski definition) is 7. The fourth-order valence-corrected chi connectivity index (χ4v) is 6.46. The Bertz CT molecular complexity index is 1750. The molecule has 8 N–H and O–H groups in total. The van der Waals surface area contributed by atoms with Gasteiger partial charge in [-0.1, -0.05) is 13.0 Å². The van der Waals surface area contributed by atoms with Crippen LogP contribution in [0.3, 0.4) is 0 Å². The summed E-state index contributed by atoms with van der Waals surface area (Å²) in [6.45, 7) is 9.14. The predicted octanol–water partition coefficient (Wildman–Crippen LogP) is 1.36. The SMILES string of the molecule is C=CC1C(=O)N[C@H](/C=c2/[nH]/c(=C\c3[nH]c(/C=C4\NC(=O)[C@H](C)[C@H]4CCS)c(C)c3C[C@H](O)C(=O)O)c(CCC(=O)O)c2C)/C1=C/O. The Labute approximate surface area is 271 Å². The Morgan fingerprint density at radius 1 is 1.02 bits per heavy atom. The van der Waals surface area contributed by atoms with Gasteiger partial charge in [0.25, 0.3) is 0 Å². The summed E-state index contributed by atoms with van der Waals surface area (Å²) < 4.78 is 0. The van der Waals surface area contributed by atoms with Crippen molar-refractivity contribution < 1.29 is 39.6 Å². The highest BCUT2D eigenvalue weighted by Gasteiger charge is 2.35. The third kappa shape index (κ3) is 7.00. The highest BCUT2D eigenvalue weighted by molar-refractivity contribution is 7.80. The minimum Gasteiger partial charge on any atom is -0.516 e. The monoisotopic (exact) mass is 652 g/mol. The summed E-state index contributed by atoms with van der Waals surface area (Å²) in [6, 6.07) is -0.639. The highest BCUT2D eigenvalue weighted by atomic mass is 32.1. The lowest BCUT2D eigenvalue weighted by Crippen LogP contribution is -2.27. The van der Waals surface area contributed by atoms with Gasteiger partial charge in [-0.05, 0) is 72.9 Å². The number of hydrogen-bond donors (Lipinski definition) is 9. The van der Waals surface area contributed by atoms with Gasteiger partial charge in [-0.15, -0.1) is 6.58 Å². The second-order valence-electron chi connectivity index (χ2n) is 11.7. The lowest BCUT2D eigenvalue weighted by atomic mass is 9.91. The second-order valence-corrected chi connectivity index (χ2v) is 12.1.